The number of carbonyl (C=O) groups is 1. The zero-order valence-corrected chi connectivity index (χ0v) is 15.1. The van der Waals surface area contributed by atoms with E-state index in [2.05, 4.69) is 34.9 Å². The summed E-state index contributed by atoms with van der Waals surface area (Å²) < 4.78 is 46.6. The van der Waals surface area contributed by atoms with Crippen LogP contribution in [0.5, 0.6) is 0 Å². The molecule has 0 fully saturated rings. The second kappa shape index (κ2) is 8.08. The number of alkyl halides is 3. The summed E-state index contributed by atoms with van der Waals surface area (Å²) in [6.07, 6.45) is -1.71. The Kier molecular flexibility index (Phi) is 5.57. The van der Waals surface area contributed by atoms with Crippen LogP contribution in [0.4, 0.5) is 29.7 Å². The standard InChI is InChI=1S/C16H14F3N7O3/c1-26(2)11-4-3-9(5-20-11)8-28-15(27)24-14-21-6-10(7-22-14)12-23-13(29-25-12)16(17,18)19/h3-7H,8H2,1-2H3,(H,21,22,24,27). The monoisotopic (exact) mass is 409 g/mol. The van der Waals surface area contributed by atoms with Gasteiger partial charge in [-0.25, -0.2) is 19.7 Å². The minimum Gasteiger partial charge on any atom is -0.444 e. The van der Waals surface area contributed by atoms with Crippen molar-refractivity contribution in [2.75, 3.05) is 24.3 Å². The van der Waals surface area contributed by atoms with Crippen molar-refractivity contribution in [1.82, 2.24) is 25.1 Å². The molecule has 0 spiro atoms. The molecule has 1 amide bonds. The molecule has 3 aromatic heterocycles. The second-order valence-corrected chi connectivity index (χ2v) is 5.84. The Morgan fingerprint density at radius 2 is 1.90 bits per heavy atom. The molecule has 0 aliphatic heterocycles. The van der Waals surface area contributed by atoms with Gasteiger partial charge in [-0.05, 0) is 6.07 Å². The number of amides is 1. The molecular weight excluding hydrogens is 395 g/mol. The first-order valence-corrected chi connectivity index (χ1v) is 8.02. The molecule has 0 atom stereocenters. The quantitative estimate of drug-likeness (QED) is 0.678. The smallest absolute Gasteiger partial charge is 0.444 e. The maximum atomic E-state index is 12.5. The number of anilines is 2. The average molecular weight is 409 g/mol. The van der Waals surface area contributed by atoms with Crippen LogP contribution < -0.4 is 10.2 Å². The summed E-state index contributed by atoms with van der Waals surface area (Å²) in [6, 6.07) is 3.54. The van der Waals surface area contributed by atoms with E-state index in [-0.39, 0.29) is 23.9 Å². The van der Waals surface area contributed by atoms with Crippen molar-refractivity contribution in [3.63, 3.8) is 0 Å². The molecule has 3 heterocycles. The summed E-state index contributed by atoms with van der Waals surface area (Å²) in [5.74, 6) is -1.17. The van der Waals surface area contributed by atoms with Gasteiger partial charge in [0.1, 0.15) is 12.4 Å². The molecule has 0 unspecified atom stereocenters. The molecule has 0 aliphatic rings. The van der Waals surface area contributed by atoms with E-state index in [0.717, 1.165) is 18.2 Å². The number of hydrogen-bond acceptors (Lipinski definition) is 9. The summed E-state index contributed by atoms with van der Waals surface area (Å²) in [7, 11) is 3.70. The molecule has 13 heteroatoms. The van der Waals surface area contributed by atoms with E-state index in [1.807, 2.05) is 19.0 Å². The Hall–Kier alpha value is -3.77. The zero-order valence-electron chi connectivity index (χ0n) is 15.1. The van der Waals surface area contributed by atoms with Crippen LogP contribution in [0.1, 0.15) is 11.5 Å². The van der Waals surface area contributed by atoms with Gasteiger partial charge in [-0.15, -0.1) is 0 Å². The van der Waals surface area contributed by atoms with E-state index < -0.39 is 18.2 Å². The summed E-state index contributed by atoms with van der Waals surface area (Å²) in [5.41, 5.74) is 0.759. The lowest BCUT2D eigenvalue weighted by atomic mass is 10.3. The Morgan fingerprint density at radius 1 is 1.17 bits per heavy atom. The Balaban J connectivity index is 1.55. The number of ether oxygens (including phenoxy) is 1. The van der Waals surface area contributed by atoms with Crippen LogP contribution in [0.3, 0.4) is 0 Å². The van der Waals surface area contributed by atoms with Gasteiger partial charge in [-0.1, -0.05) is 11.2 Å². The fraction of sp³-hybridized carbons (Fsp3) is 0.250. The average Bonchev–Trinajstić information content (AvgIpc) is 3.18. The van der Waals surface area contributed by atoms with Gasteiger partial charge in [-0.2, -0.15) is 18.2 Å². The summed E-state index contributed by atoms with van der Waals surface area (Å²) in [4.78, 5) is 28.7. The van der Waals surface area contributed by atoms with Crippen molar-refractivity contribution in [3.05, 3.63) is 42.2 Å². The van der Waals surface area contributed by atoms with Crippen LogP contribution in [-0.2, 0) is 17.5 Å². The lowest BCUT2D eigenvalue weighted by Gasteiger charge is -2.11. The van der Waals surface area contributed by atoms with Gasteiger partial charge < -0.3 is 14.2 Å². The van der Waals surface area contributed by atoms with Crippen LogP contribution >= 0.6 is 0 Å². The van der Waals surface area contributed by atoms with Crippen LogP contribution in [-0.4, -0.2) is 45.3 Å². The first-order valence-electron chi connectivity index (χ1n) is 8.02. The number of nitrogens with one attached hydrogen (secondary N) is 1. The maximum Gasteiger partial charge on any atom is 0.471 e. The maximum absolute atomic E-state index is 12.5. The fourth-order valence-electron chi connectivity index (χ4n) is 2.01. The molecule has 3 aromatic rings. The predicted molar refractivity (Wildman–Crippen MR) is 92.7 cm³/mol. The highest BCUT2D eigenvalue weighted by molar-refractivity contribution is 5.82. The van der Waals surface area contributed by atoms with E-state index in [4.69, 9.17) is 4.74 Å². The fourth-order valence-corrected chi connectivity index (χ4v) is 2.01. The topological polar surface area (TPSA) is 119 Å². The largest absolute Gasteiger partial charge is 0.471 e. The Bertz CT molecular complexity index is 973. The van der Waals surface area contributed by atoms with E-state index in [1.165, 1.54) is 0 Å². The number of nitrogens with zero attached hydrogens (tertiary/aromatic N) is 6. The van der Waals surface area contributed by atoms with Crippen molar-refractivity contribution in [2.24, 2.45) is 0 Å². The van der Waals surface area contributed by atoms with Crippen LogP contribution in [0.2, 0.25) is 0 Å². The molecule has 3 rings (SSSR count). The van der Waals surface area contributed by atoms with Crippen LogP contribution in [0.25, 0.3) is 11.4 Å². The van der Waals surface area contributed by atoms with Crippen molar-refractivity contribution in [2.45, 2.75) is 12.8 Å². The molecular formula is C16H14F3N7O3. The molecule has 0 aliphatic carbocycles. The summed E-state index contributed by atoms with van der Waals surface area (Å²) >= 11 is 0. The van der Waals surface area contributed by atoms with Crippen LogP contribution in [0.15, 0.2) is 35.2 Å². The summed E-state index contributed by atoms with van der Waals surface area (Å²) in [5, 5.41) is 5.51. The van der Waals surface area contributed by atoms with Crippen molar-refractivity contribution >= 4 is 17.9 Å². The molecule has 0 saturated carbocycles. The van der Waals surface area contributed by atoms with Crippen molar-refractivity contribution < 1.29 is 27.2 Å². The minimum atomic E-state index is -4.75. The van der Waals surface area contributed by atoms with Crippen molar-refractivity contribution in [3.8, 4) is 11.4 Å². The molecule has 0 aromatic carbocycles. The lowest BCUT2D eigenvalue weighted by Crippen LogP contribution is -2.15. The Labute approximate surface area is 161 Å². The highest BCUT2D eigenvalue weighted by atomic mass is 19.4. The molecule has 0 radical (unpaired) electrons. The van der Waals surface area contributed by atoms with Gasteiger partial charge in [0.15, 0.2) is 0 Å². The molecule has 10 nitrogen and oxygen atoms in total. The van der Waals surface area contributed by atoms with Crippen LogP contribution in [0, 0.1) is 0 Å². The SMILES string of the molecule is CN(C)c1ccc(COC(=O)Nc2ncc(-c3noc(C(F)(F)F)n3)cn2)cn1. The van der Waals surface area contributed by atoms with Gasteiger partial charge in [0.05, 0.1) is 5.56 Å². The van der Waals surface area contributed by atoms with Gasteiger partial charge in [-0.3, -0.25) is 5.32 Å². The number of pyridine rings is 1. The number of aromatic nitrogens is 5. The first kappa shape index (κ1) is 20.0. The van der Waals surface area contributed by atoms with Gasteiger partial charge in [0, 0.05) is 38.2 Å². The second-order valence-electron chi connectivity index (χ2n) is 5.84. The van der Waals surface area contributed by atoms with Crippen molar-refractivity contribution in [1.29, 1.82) is 0 Å². The number of carbonyl (C=O) groups excluding carboxylic acids is 1. The first-order chi connectivity index (χ1) is 13.7. The predicted octanol–water partition coefficient (Wildman–Crippen LogP) is 2.76. The lowest BCUT2D eigenvalue weighted by molar-refractivity contribution is -0.159. The number of rotatable bonds is 5. The number of hydrogen-bond donors (Lipinski definition) is 1. The normalized spacial score (nSPS) is 11.2. The van der Waals surface area contributed by atoms with Gasteiger partial charge >= 0.3 is 18.2 Å². The number of halogens is 3. The molecule has 0 saturated heterocycles. The third kappa shape index (κ3) is 5.15. The zero-order chi connectivity index (χ0) is 21.0. The van der Waals surface area contributed by atoms with E-state index in [0.29, 0.717) is 5.56 Å². The molecule has 1 N–H and O–H groups in total. The van der Waals surface area contributed by atoms with E-state index in [1.54, 1.807) is 18.3 Å². The summed E-state index contributed by atoms with van der Waals surface area (Å²) in [6.45, 7) is -0.0201. The van der Waals surface area contributed by atoms with E-state index >= 15 is 0 Å². The Morgan fingerprint density at radius 3 is 2.45 bits per heavy atom. The van der Waals surface area contributed by atoms with Gasteiger partial charge in [0.2, 0.25) is 11.8 Å². The minimum absolute atomic E-state index is 0.0201. The highest BCUT2D eigenvalue weighted by Crippen LogP contribution is 2.29. The molecule has 0 bridgehead atoms. The third-order valence-electron chi connectivity index (χ3n) is 3.43. The molecule has 152 valence electrons. The third-order valence-corrected chi connectivity index (χ3v) is 3.43. The van der Waals surface area contributed by atoms with Gasteiger partial charge in [0.25, 0.3) is 0 Å². The molecule has 29 heavy (non-hydrogen) atoms. The van der Waals surface area contributed by atoms with E-state index in [9.17, 15) is 18.0 Å². The highest BCUT2D eigenvalue weighted by Gasteiger charge is 2.38.